The van der Waals surface area contributed by atoms with Crippen LogP contribution in [0.15, 0.2) is 57.8 Å². The number of nitrogens with one attached hydrogen (secondary N) is 1. The largest absolute Gasteiger partial charge is 0.472 e. The molecule has 2 aromatic heterocycles. The molecular weight excluding hydrogens is 328 g/mol. The summed E-state index contributed by atoms with van der Waals surface area (Å²) in [6.07, 6.45) is 4.54. The minimum atomic E-state index is 0.0303. The highest BCUT2D eigenvalue weighted by Crippen LogP contribution is 2.30. The first-order chi connectivity index (χ1) is 10.3. The predicted octanol–water partition coefficient (Wildman–Crippen LogP) is 4.68. The van der Waals surface area contributed by atoms with Gasteiger partial charge in [-0.1, -0.05) is 25.1 Å². The van der Waals surface area contributed by atoms with E-state index in [2.05, 4.69) is 40.3 Å². The lowest BCUT2D eigenvalue weighted by molar-refractivity contribution is 0.544. The maximum absolute atomic E-state index is 5.24. The summed E-state index contributed by atoms with van der Waals surface area (Å²) in [5.41, 5.74) is 3.08. The van der Waals surface area contributed by atoms with Gasteiger partial charge in [0.15, 0.2) is 0 Å². The van der Waals surface area contributed by atoms with Crippen molar-refractivity contribution in [2.45, 2.75) is 19.4 Å². The van der Waals surface area contributed by atoms with Crippen molar-refractivity contribution >= 4 is 26.8 Å². The first-order valence-corrected chi connectivity index (χ1v) is 7.89. The van der Waals surface area contributed by atoms with Gasteiger partial charge in [0.05, 0.1) is 29.8 Å². The standard InChI is InChI=1S/C17H17BrN2O/c1-2-8-19-16(13-7-9-21-11-13)17-14(18)10-12-5-3-4-6-15(12)20-17/h3-7,9-11,16,19H,2,8H2,1H3. The molecule has 0 aliphatic carbocycles. The second kappa shape index (κ2) is 6.41. The van der Waals surface area contributed by atoms with Crippen LogP contribution in [0.1, 0.15) is 30.6 Å². The summed E-state index contributed by atoms with van der Waals surface area (Å²) >= 11 is 3.66. The molecule has 3 nitrogen and oxygen atoms in total. The topological polar surface area (TPSA) is 38.1 Å². The van der Waals surface area contributed by atoms with Crippen molar-refractivity contribution in [3.63, 3.8) is 0 Å². The molecule has 1 aromatic carbocycles. The van der Waals surface area contributed by atoms with Gasteiger partial charge in [-0.05, 0) is 47.1 Å². The third kappa shape index (κ3) is 3.01. The number of benzene rings is 1. The van der Waals surface area contributed by atoms with Crippen LogP contribution in [0, 0.1) is 0 Å². The van der Waals surface area contributed by atoms with Crippen molar-refractivity contribution in [1.82, 2.24) is 10.3 Å². The third-order valence-corrected chi connectivity index (χ3v) is 4.09. The van der Waals surface area contributed by atoms with Gasteiger partial charge < -0.3 is 9.73 Å². The molecule has 1 atom stereocenters. The summed E-state index contributed by atoms with van der Waals surface area (Å²) in [6, 6.07) is 12.3. The SMILES string of the molecule is CCCNC(c1ccoc1)c1nc2ccccc2cc1Br. The number of para-hydroxylation sites is 1. The van der Waals surface area contributed by atoms with Crippen molar-refractivity contribution in [1.29, 1.82) is 0 Å². The Morgan fingerprint density at radius 3 is 2.90 bits per heavy atom. The van der Waals surface area contributed by atoms with E-state index >= 15 is 0 Å². The number of fused-ring (bicyclic) bond motifs is 1. The number of hydrogen-bond donors (Lipinski definition) is 1. The predicted molar refractivity (Wildman–Crippen MR) is 88.3 cm³/mol. The van der Waals surface area contributed by atoms with Crippen LogP contribution < -0.4 is 5.32 Å². The van der Waals surface area contributed by atoms with Crippen LogP contribution in [0.25, 0.3) is 10.9 Å². The van der Waals surface area contributed by atoms with Crippen molar-refractivity contribution in [2.24, 2.45) is 0 Å². The zero-order valence-electron chi connectivity index (χ0n) is 11.8. The van der Waals surface area contributed by atoms with Gasteiger partial charge in [-0.15, -0.1) is 0 Å². The summed E-state index contributed by atoms with van der Waals surface area (Å²) in [4.78, 5) is 4.83. The monoisotopic (exact) mass is 344 g/mol. The molecule has 0 aliphatic rings. The molecule has 3 rings (SSSR count). The fourth-order valence-corrected chi connectivity index (χ4v) is 2.97. The highest BCUT2D eigenvalue weighted by molar-refractivity contribution is 9.10. The molecule has 108 valence electrons. The summed E-state index contributed by atoms with van der Waals surface area (Å²) in [7, 11) is 0. The van der Waals surface area contributed by atoms with Crippen LogP contribution in [0.3, 0.4) is 0 Å². The Morgan fingerprint density at radius 1 is 1.29 bits per heavy atom. The Bertz CT molecular complexity index is 725. The molecule has 1 unspecified atom stereocenters. The van der Waals surface area contributed by atoms with Crippen LogP contribution in [0.5, 0.6) is 0 Å². The van der Waals surface area contributed by atoms with Crippen molar-refractivity contribution in [2.75, 3.05) is 6.54 Å². The number of rotatable bonds is 5. The maximum Gasteiger partial charge on any atom is 0.0954 e. The molecule has 0 amide bonds. The molecule has 0 radical (unpaired) electrons. The molecular formula is C17H17BrN2O. The van der Waals surface area contributed by atoms with E-state index < -0.39 is 0 Å². The summed E-state index contributed by atoms with van der Waals surface area (Å²) in [5, 5.41) is 4.67. The Kier molecular flexibility index (Phi) is 4.36. The number of nitrogens with zero attached hydrogens (tertiary/aromatic N) is 1. The van der Waals surface area contributed by atoms with Gasteiger partial charge >= 0.3 is 0 Å². The van der Waals surface area contributed by atoms with E-state index in [1.807, 2.05) is 24.3 Å². The second-order valence-electron chi connectivity index (χ2n) is 4.99. The van der Waals surface area contributed by atoms with Gasteiger partial charge in [-0.3, -0.25) is 0 Å². The maximum atomic E-state index is 5.24. The highest BCUT2D eigenvalue weighted by Gasteiger charge is 2.19. The lowest BCUT2D eigenvalue weighted by Gasteiger charge is -2.18. The van der Waals surface area contributed by atoms with E-state index in [9.17, 15) is 0 Å². The van der Waals surface area contributed by atoms with Gasteiger partial charge in [0.2, 0.25) is 0 Å². The number of halogens is 1. The number of hydrogen-bond acceptors (Lipinski definition) is 3. The Hall–Kier alpha value is -1.65. The van der Waals surface area contributed by atoms with Crippen LogP contribution in [0.2, 0.25) is 0 Å². The van der Waals surface area contributed by atoms with Crippen LogP contribution in [0.4, 0.5) is 0 Å². The van der Waals surface area contributed by atoms with Crippen LogP contribution in [-0.4, -0.2) is 11.5 Å². The molecule has 21 heavy (non-hydrogen) atoms. The molecule has 1 N–H and O–H groups in total. The quantitative estimate of drug-likeness (QED) is 0.730. The lowest BCUT2D eigenvalue weighted by atomic mass is 10.0. The molecule has 0 spiro atoms. The first kappa shape index (κ1) is 14.3. The van der Waals surface area contributed by atoms with E-state index in [1.165, 1.54) is 0 Å². The third-order valence-electron chi connectivity index (χ3n) is 3.45. The van der Waals surface area contributed by atoms with Crippen molar-refractivity contribution in [3.05, 3.63) is 64.7 Å². The van der Waals surface area contributed by atoms with Gasteiger partial charge in [0.1, 0.15) is 0 Å². The lowest BCUT2D eigenvalue weighted by Crippen LogP contribution is -2.24. The summed E-state index contributed by atoms with van der Waals surface area (Å²) < 4.78 is 6.25. The molecule has 2 heterocycles. The number of pyridine rings is 1. The molecule has 3 aromatic rings. The van der Waals surface area contributed by atoms with Crippen LogP contribution in [-0.2, 0) is 0 Å². The second-order valence-corrected chi connectivity index (χ2v) is 5.85. The highest BCUT2D eigenvalue weighted by atomic mass is 79.9. The fourth-order valence-electron chi connectivity index (χ4n) is 2.41. The van der Waals surface area contributed by atoms with E-state index in [-0.39, 0.29) is 6.04 Å². The van der Waals surface area contributed by atoms with Gasteiger partial charge in [-0.25, -0.2) is 4.98 Å². The van der Waals surface area contributed by atoms with Crippen molar-refractivity contribution < 1.29 is 4.42 Å². The minimum absolute atomic E-state index is 0.0303. The average Bonchev–Trinajstić information content (AvgIpc) is 3.02. The van der Waals surface area contributed by atoms with E-state index in [0.29, 0.717) is 0 Å². The molecule has 0 saturated carbocycles. The molecule has 0 saturated heterocycles. The van der Waals surface area contributed by atoms with E-state index in [0.717, 1.165) is 39.6 Å². The van der Waals surface area contributed by atoms with Gasteiger partial charge in [0, 0.05) is 15.4 Å². The molecule has 4 heteroatoms. The zero-order chi connectivity index (χ0) is 14.7. The average molecular weight is 345 g/mol. The van der Waals surface area contributed by atoms with Crippen molar-refractivity contribution in [3.8, 4) is 0 Å². The van der Waals surface area contributed by atoms with Gasteiger partial charge in [-0.2, -0.15) is 0 Å². The van der Waals surface area contributed by atoms with Crippen LogP contribution >= 0.6 is 15.9 Å². The summed E-state index contributed by atoms with van der Waals surface area (Å²) in [6.45, 7) is 3.08. The Morgan fingerprint density at radius 2 is 2.14 bits per heavy atom. The van der Waals surface area contributed by atoms with E-state index in [1.54, 1.807) is 12.5 Å². The first-order valence-electron chi connectivity index (χ1n) is 7.10. The Labute approximate surface area is 132 Å². The van der Waals surface area contributed by atoms with E-state index in [4.69, 9.17) is 9.40 Å². The number of furan rings is 1. The minimum Gasteiger partial charge on any atom is -0.472 e. The molecule has 0 aliphatic heterocycles. The normalized spacial score (nSPS) is 12.7. The summed E-state index contributed by atoms with van der Waals surface area (Å²) in [5.74, 6) is 0. The molecule has 0 fully saturated rings. The Balaban J connectivity index is 2.07. The zero-order valence-corrected chi connectivity index (χ0v) is 13.4. The number of aromatic nitrogens is 1. The fraction of sp³-hybridized carbons (Fsp3) is 0.235. The van der Waals surface area contributed by atoms with Gasteiger partial charge in [0.25, 0.3) is 0 Å². The smallest absolute Gasteiger partial charge is 0.0954 e. The molecule has 0 bridgehead atoms.